The zero-order valence-corrected chi connectivity index (χ0v) is 28.7. The Morgan fingerprint density at radius 3 is 1.18 bits per heavy atom. The summed E-state index contributed by atoms with van der Waals surface area (Å²) < 4.78 is 10.7. The molecule has 0 unspecified atom stereocenters. The third kappa shape index (κ3) is 8.57. The first-order chi connectivity index (χ1) is 24.1. The Morgan fingerprint density at radius 1 is 0.520 bits per heavy atom. The molecule has 0 aliphatic rings. The maximum Gasteiger partial charge on any atom is 0.339 e. The highest BCUT2D eigenvalue weighted by Gasteiger charge is 2.23. The van der Waals surface area contributed by atoms with Crippen LogP contribution in [0.5, 0.6) is 11.5 Å². The minimum Gasteiger partial charge on any atom is -0.507 e. The summed E-state index contributed by atoms with van der Waals surface area (Å²) in [6.07, 6.45) is 2.97. The van der Waals surface area contributed by atoms with Crippen molar-refractivity contribution in [2.24, 2.45) is 0 Å². The minimum atomic E-state index is -0.740. The van der Waals surface area contributed by atoms with Crippen LogP contribution in [0.25, 0.3) is 0 Å². The molecular weight excluding hydrogens is 636 g/mol. The summed E-state index contributed by atoms with van der Waals surface area (Å²) in [5.74, 6) is -2.89. The van der Waals surface area contributed by atoms with E-state index in [1.165, 1.54) is 48.6 Å². The lowest BCUT2D eigenvalue weighted by Gasteiger charge is -2.21. The molecule has 0 amide bonds. The highest BCUT2D eigenvalue weighted by molar-refractivity contribution is 6.16. The lowest BCUT2D eigenvalue weighted by atomic mass is 9.97. The third-order valence-corrected chi connectivity index (χ3v) is 8.28. The van der Waals surface area contributed by atoms with E-state index in [-0.39, 0.29) is 58.1 Å². The molecule has 0 aromatic heterocycles. The van der Waals surface area contributed by atoms with E-state index < -0.39 is 23.5 Å². The van der Waals surface area contributed by atoms with Crippen LogP contribution in [0.3, 0.4) is 0 Å². The Labute approximate surface area is 292 Å². The van der Waals surface area contributed by atoms with Gasteiger partial charge in [0, 0.05) is 60.8 Å². The highest BCUT2D eigenvalue weighted by Crippen LogP contribution is 2.29. The summed E-state index contributed by atoms with van der Waals surface area (Å²) in [6.45, 7) is 10.6. The Morgan fingerprint density at radius 2 is 0.860 bits per heavy atom. The van der Waals surface area contributed by atoms with E-state index in [4.69, 9.17) is 9.47 Å². The normalized spacial score (nSPS) is 10.9. The van der Waals surface area contributed by atoms with Crippen LogP contribution < -0.4 is 9.80 Å². The molecule has 50 heavy (non-hydrogen) atoms. The molecule has 0 atom stereocenters. The van der Waals surface area contributed by atoms with Crippen molar-refractivity contribution in [2.75, 3.05) is 49.2 Å². The molecule has 4 rings (SSSR count). The van der Waals surface area contributed by atoms with E-state index in [0.29, 0.717) is 0 Å². The Kier molecular flexibility index (Phi) is 12.9. The fourth-order valence-electron chi connectivity index (χ4n) is 5.54. The van der Waals surface area contributed by atoms with Crippen molar-refractivity contribution in [3.63, 3.8) is 0 Å². The molecule has 0 bridgehead atoms. The molecule has 0 saturated heterocycles. The first kappa shape index (κ1) is 36.9. The summed E-state index contributed by atoms with van der Waals surface area (Å²) >= 11 is 0. The van der Waals surface area contributed by atoms with Crippen molar-refractivity contribution in [1.29, 1.82) is 0 Å². The average Bonchev–Trinajstić information content (AvgIpc) is 3.13. The summed E-state index contributed by atoms with van der Waals surface area (Å²) in [5, 5.41) is 21.3. The van der Waals surface area contributed by atoms with Crippen LogP contribution in [0.15, 0.2) is 97.1 Å². The number of anilines is 2. The zero-order valence-electron chi connectivity index (χ0n) is 28.7. The molecule has 0 aliphatic heterocycles. The SMILES string of the molecule is CCN(CC)c1ccc(C(=O)c2ccccc2C(=O)OC/C=C/COC(=O)c2ccccc2C(=O)c2ccc(N(CC)CC)cc2O)c(O)c1. The number of benzene rings is 4. The van der Waals surface area contributed by atoms with Crippen LogP contribution in [-0.2, 0) is 9.47 Å². The van der Waals surface area contributed by atoms with Gasteiger partial charge in [0.25, 0.3) is 0 Å². The van der Waals surface area contributed by atoms with Gasteiger partial charge in [-0.2, -0.15) is 0 Å². The van der Waals surface area contributed by atoms with E-state index >= 15 is 0 Å². The highest BCUT2D eigenvalue weighted by atomic mass is 16.5. The van der Waals surface area contributed by atoms with Crippen LogP contribution in [0.1, 0.15) is 80.3 Å². The second-order valence-electron chi connectivity index (χ2n) is 11.2. The number of ketones is 2. The van der Waals surface area contributed by atoms with Gasteiger partial charge >= 0.3 is 11.9 Å². The number of hydrogen-bond donors (Lipinski definition) is 2. The van der Waals surface area contributed by atoms with Crippen molar-refractivity contribution in [3.8, 4) is 11.5 Å². The Hall–Kier alpha value is -5.90. The Balaban J connectivity index is 1.36. The first-order valence-electron chi connectivity index (χ1n) is 16.6. The van der Waals surface area contributed by atoms with Gasteiger partial charge in [-0.15, -0.1) is 0 Å². The maximum atomic E-state index is 13.4. The molecule has 4 aromatic carbocycles. The number of aromatic hydroxyl groups is 2. The number of esters is 2. The van der Waals surface area contributed by atoms with E-state index in [1.807, 2.05) is 37.5 Å². The molecule has 0 saturated carbocycles. The van der Waals surface area contributed by atoms with E-state index in [0.717, 1.165) is 37.6 Å². The lowest BCUT2D eigenvalue weighted by Crippen LogP contribution is -2.21. The van der Waals surface area contributed by atoms with Crippen LogP contribution in [0.4, 0.5) is 11.4 Å². The molecular formula is C40H42N2O8. The van der Waals surface area contributed by atoms with Crippen molar-refractivity contribution in [2.45, 2.75) is 27.7 Å². The largest absolute Gasteiger partial charge is 0.507 e. The zero-order chi connectivity index (χ0) is 36.2. The van der Waals surface area contributed by atoms with Crippen LogP contribution in [-0.4, -0.2) is 73.1 Å². The number of carbonyl (C=O) groups excluding carboxylic acids is 4. The molecule has 260 valence electrons. The van der Waals surface area contributed by atoms with E-state index in [9.17, 15) is 29.4 Å². The number of phenolic OH excluding ortho intramolecular Hbond substituents is 2. The van der Waals surface area contributed by atoms with Crippen molar-refractivity contribution in [1.82, 2.24) is 0 Å². The maximum absolute atomic E-state index is 13.4. The molecule has 4 aromatic rings. The fourth-order valence-corrected chi connectivity index (χ4v) is 5.54. The van der Waals surface area contributed by atoms with E-state index in [2.05, 4.69) is 0 Å². The smallest absolute Gasteiger partial charge is 0.339 e. The van der Waals surface area contributed by atoms with Gasteiger partial charge in [-0.25, -0.2) is 9.59 Å². The number of carbonyl (C=O) groups is 4. The lowest BCUT2D eigenvalue weighted by molar-refractivity contribution is 0.0525. The molecule has 10 heteroatoms. The first-order valence-corrected chi connectivity index (χ1v) is 16.6. The monoisotopic (exact) mass is 678 g/mol. The van der Waals surface area contributed by atoms with Crippen molar-refractivity contribution in [3.05, 3.63) is 130 Å². The quantitative estimate of drug-likeness (QED) is 0.0739. The van der Waals surface area contributed by atoms with Crippen molar-refractivity contribution < 1.29 is 38.9 Å². The van der Waals surface area contributed by atoms with Crippen LogP contribution >= 0.6 is 0 Å². The van der Waals surface area contributed by atoms with Gasteiger partial charge in [0.2, 0.25) is 0 Å². The van der Waals surface area contributed by atoms with Gasteiger partial charge in [-0.05, 0) is 76.2 Å². The van der Waals surface area contributed by atoms with E-state index in [1.54, 1.807) is 48.5 Å². The standard InChI is InChI=1S/C40H42N2O8/c1-5-41(6-2)27-19-21-33(35(43)25-27)37(45)29-15-9-11-17-31(29)39(47)49-23-13-14-24-50-40(48)32-18-12-10-16-30(32)38(46)34-22-20-28(26-36(34)44)42(7-3)8-4/h9-22,25-26,43-44H,5-8,23-24H2,1-4H3/b14-13+. The van der Waals surface area contributed by atoms with Crippen LogP contribution in [0, 0.1) is 0 Å². The van der Waals surface area contributed by atoms with Gasteiger partial charge in [0.05, 0.1) is 22.3 Å². The van der Waals surface area contributed by atoms with Gasteiger partial charge in [-0.3, -0.25) is 9.59 Å². The fraction of sp³-hybridized carbons (Fsp3) is 0.250. The number of nitrogens with zero attached hydrogens (tertiary/aromatic N) is 2. The van der Waals surface area contributed by atoms with Gasteiger partial charge in [-0.1, -0.05) is 36.4 Å². The Bertz CT molecular complexity index is 1740. The average molecular weight is 679 g/mol. The van der Waals surface area contributed by atoms with Gasteiger partial charge in [0.1, 0.15) is 24.7 Å². The molecule has 0 fully saturated rings. The second kappa shape index (κ2) is 17.5. The van der Waals surface area contributed by atoms with Crippen LogP contribution in [0.2, 0.25) is 0 Å². The number of phenols is 2. The minimum absolute atomic E-state index is 0.0413. The third-order valence-electron chi connectivity index (χ3n) is 8.28. The summed E-state index contributed by atoms with van der Waals surface area (Å²) in [7, 11) is 0. The predicted octanol–water partition coefficient (Wildman–Crippen LogP) is 6.82. The number of rotatable bonds is 16. The predicted molar refractivity (Wildman–Crippen MR) is 193 cm³/mol. The molecule has 0 radical (unpaired) electrons. The molecule has 0 spiro atoms. The molecule has 0 aliphatic carbocycles. The molecule has 0 heterocycles. The summed E-state index contributed by atoms with van der Waals surface area (Å²) in [6, 6.07) is 22.1. The molecule has 10 nitrogen and oxygen atoms in total. The molecule has 2 N–H and O–H groups in total. The second-order valence-corrected chi connectivity index (χ2v) is 11.2. The number of hydrogen-bond acceptors (Lipinski definition) is 10. The summed E-state index contributed by atoms with van der Waals surface area (Å²) in [5.41, 5.74) is 1.95. The summed E-state index contributed by atoms with van der Waals surface area (Å²) in [4.78, 5) is 56.7. The van der Waals surface area contributed by atoms with Gasteiger partial charge in [0.15, 0.2) is 11.6 Å². The van der Waals surface area contributed by atoms with Crippen molar-refractivity contribution >= 4 is 34.9 Å². The van der Waals surface area contributed by atoms with Gasteiger partial charge < -0.3 is 29.5 Å². The number of ether oxygens (including phenoxy) is 2. The topological polar surface area (TPSA) is 134 Å².